The van der Waals surface area contributed by atoms with Gasteiger partial charge in [-0.05, 0) is 38.1 Å². The average molecular weight is 334 g/mol. The molecular formula is C14H12ClN5O3. The third kappa shape index (κ3) is 2.93. The minimum absolute atomic E-state index is 0.00594. The van der Waals surface area contributed by atoms with Crippen LogP contribution in [0, 0.1) is 24.0 Å². The summed E-state index contributed by atoms with van der Waals surface area (Å²) < 4.78 is 6.70. The summed E-state index contributed by atoms with van der Waals surface area (Å²) in [6, 6.07) is 7.00. The number of benzene rings is 1. The minimum Gasteiger partial charge on any atom is -0.334 e. The highest BCUT2D eigenvalue weighted by atomic mass is 35.5. The number of nitro groups is 1. The molecule has 1 aromatic carbocycles. The van der Waals surface area contributed by atoms with Crippen LogP contribution in [0.3, 0.4) is 0 Å². The van der Waals surface area contributed by atoms with Crippen LogP contribution in [0.1, 0.15) is 17.2 Å². The fraction of sp³-hybridized carbons (Fsp3) is 0.214. The molecule has 0 aliphatic rings. The first-order valence-corrected chi connectivity index (χ1v) is 7.10. The average Bonchev–Trinajstić information content (AvgIpc) is 3.05. The van der Waals surface area contributed by atoms with Crippen LogP contribution in [0.2, 0.25) is 5.02 Å². The van der Waals surface area contributed by atoms with Gasteiger partial charge in [-0.1, -0.05) is 16.8 Å². The van der Waals surface area contributed by atoms with E-state index in [1.54, 1.807) is 38.1 Å². The molecule has 2 heterocycles. The lowest BCUT2D eigenvalue weighted by atomic mass is 10.2. The van der Waals surface area contributed by atoms with E-state index in [1.165, 1.54) is 4.68 Å². The Hall–Kier alpha value is -2.74. The molecule has 118 valence electrons. The van der Waals surface area contributed by atoms with Gasteiger partial charge in [0, 0.05) is 10.6 Å². The smallest absolute Gasteiger partial charge is 0.312 e. The third-order valence-electron chi connectivity index (χ3n) is 3.38. The second-order valence-electron chi connectivity index (χ2n) is 4.96. The second kappa shape index (κ2) is 5.81. The Morgan fingerprint density at radius 3 is 2.61 bits per heavy atom. The molecule has 0 saturated heterocycles. The first-order valence-electron chi connectivity index (χ1n) is 6.72. The Bertz CT molecular complexity index is 869. The lowest BCUT2D eigenvalue weighted by Crippen LogP contribution is -2.05. The minimum atomic E-state index is -0.441. The fourth-order valence-electron chi connectivity index (χ4n) is 2.27. The van der Waals surface area contributed by atoms with Crippen molar-refractivity contribution in [2.75, 3.05) is 0 Å². The van der Waals surface area contributed by atoms with Crippen LogP contribution in [0.4, 0.5) is 5.69 Å². The molecule has 0 N–H and O–H groups in total. The summed E-state index contributed by atoms with van der Waals surface area (Å²) in [6.45, 7) is 3.42. The van der Waals surface area contributed by atoms with Gasteiger partial charge in [-0.25, -0.2) is 0 Å². The molecule has 3 rings (SSSR count). The molecule has 8 nitrogen and oxygen atoms in total. The van der Waals surface area contributed by atoms with Crippen molar-refractivity contribution >= 4 is 17.3 Å². The molecule has 0 saturated carbocycles. The molecule has 9 heteroatoms. The molecule has 0 spiro atoms. The molecule has 0 atom stereocenters. The number of hydrogen-bond acceptors (Lipinski definition) is 6. The number of aromatic nitrogens is 4. The van der Waals surface area contributed by atoms with Gasteiger partial charge in [0.15, 0.2) is 5.82 Å². The van der Waals surface area contributed by atoms with Gasteiger partial charge in [0.25, 0.3) is 5.89 Å². The van der Waals surface area contributed by atoms with E-state index in [0.717, 1.165) is 5.56 Å². The van der Waals surface area contributed by atoms with Gasteiger partial charge < -0.3 is 4.52 Å². The quantitative estimate of drug-likeness (QED) is 0.537. The molecule has 0 aliphatic carbocycles. The number of hydrogen-bond donors (Lipinski definition) is 0. The molecule has 0 amide bonds. The predicted molar refractivity (Wildman–Crippen MR) is 82.2 cm³/mol. The molecule has 0 aliphatic heterocycles. The SMILES string of the molecule is Cc1nn(Cc2noc(-c3ccc(Cl)cc3)n2)c(C)c1[N+](=O)[O-]. The lowest BCUT2D eigenvalue weighted by molar-refractivity contribution is -0.386. The van der Waals surface area contributed by atoms with E-state index in [4.69, 9.17) is 16.1 Å². The maximum Gasteiger partial charge on any atom is 0.312 e. The largest absolute Gasteiger partial charge is 0.334 e. The van der Waals surface area contributed by atoms with Crippen LogP contribution in [0.25, 0.3) is 11.5 Å². The summed E-state index contributed by atoms with van der Waals surface area (Å²) >= 11 is 5.84. The Morgan fingerprint density at radius 2 is 2.00 bits per heavy atom. The zero-order valence-corrected chi connectivity index (χ0v) is 13.1. The zero-order chi connectivity index (χ0) is 16.6. The molecule has 23 heavy (non-hydrogen) atoms. The first kappa shape index (κ1) is 15.2. The summed E-state index contributed by atoms with van der Waals surface area (Å²) in [5.74, 6) is 0.739. The fourth-order valence-corrected chi connectivity index (χ4v) is 2.39. The number of rotatable bonds is 4. The highest BCUT2D eigenvalue weighted by Crippen LogP contribution is 2.23. The van der Waals surface area contributed by atoms with Crippen LogP contribution >= 0.6 is 11.6 Å². The Labute approximate surface area is 135 Å². The van der Waals surface area contributed by atoms with Gasteiger partial charge in [0.05, 0.1) is 4.92 Å². The van der Waals surface area contributed by atoms with Crippen molar-refractivity contribution in [2.45, 2.75) is 20.4 Å². The van der Waals surface area contributed by atoms with E-state index in [0.29, 0.717) is 28.1 Å². The monoisotopic (exact) mass is 333 g/mol. The molecule has 0 fully saturated rings. The van der Waals surface area contributed by atoms with Crippen molar-refractivity contribution in [3.63, 3.8) is 0 Å². The standard InChI is InChI=1S/C14H12ClN5O3/c1-8-13(20(21)22)9(2)19(17-8)7-12-16-14(23-18-12)10-3-5-11(15)6-4-10/h3-6H,7H2,1-2H3. The van der Waals surface area contributed by atoms with Crippen LogP contribution in [-0.4, -0.2) is 24.8 Å². The van der Waals surface area contributed by atoms with Crippen LogP contribution < -0.4 is 0 Å². The molecule has 2 aromatic heterocycles. The topological polar surface area (TPSA) is 99.9 Å². The molecule has 0 unspecified atom stereocenters. The summed E-state index contributed by atoms with van der Waals surface area (Å²) in [5, 5.41) is 19.7. The van der Waals surface area contributed by atoms with Gasteiger partial charge in [-0.15, -0.1) is 0 Å². The predicted octanol–water partition coefficient (Wildman–Crippen LogP) is 3.16. The van der Waals surface area contributed by atoms with E-state index >= 15 is 0 Å². The maximum absolute atomic E-state index is 11.0. The Balaban J connectivity index is 1.86. The van der Waals surface area contributed by atoms with Gasteiger partial charge in [-0.2, -0.15) is 10.1 Å². The zero-order valence-electron chi connectivity index (χ0n) is 12.4. The molecule has 3 aromatic rings. The van der Waals surface area contributed by atoms with E-state index in [2.05, 4.69) is 15.2 Å². The van der Waals surface area contributed by atoms with E-state index in [-0.39, 0.29) is 12.2 Å². The first-order chi connectivity index (χ1) is 11.0. The van der Waals surface area contributed by atoms with Gasteiger partial charge in [0.1, 0.15) is 17.9 Å². The van der Waals surface area contributed by atoms with Crippen molar-refractivity contribution in [3.8, 4) is 11.5 Å². The second-order valence-corrected chi connectivity index (χ2v) is 5.39. The van der Waals surface area contributed by atoms with E-state index < -0.39 is 4.92 Å². The normalized spacial score (nSPS) is 10.9. The Morgan fingerprint density at radius 1 is 1.30 bits per heavy atom. The van der Waals surface area contributed by atoms with Crippen molar-refractivity contribution in [3.05, 3.63) is 56.6 Å². The summed E-state index contributed by atoms with van der Waals surface area (Å²) in [4.78, 5) is 14.9. The van der Waals surface area contributed by atoms with Crippen molar-refractivity contribution in [2.24, 2.45) is 0 Å². The van der Waals surface area contributed by atoms with Crippen molar-refractivity contribution < 1.29 is 9.45 Å². The molecule has 0 radical (unpaired) electrons. The van der Waals surface area contributed by atoms with Crippen molar-refractivity contribution in [1.29, 1.82) is 0 Å². The molecule has 0 bridgehead atoms. The third-order valence-corrected chi connectivity index (χ3v) is 3.63. The van der Waals surface area contributed by atoms with Crippen LogP contribution in [-0.2, 0) is 6.54 Å². The summed E-state index contributed by atoms with van der Waals surface area (Å²) in [6.07, 6.45) is 0. The number of nitrogens with zero attached hydrogens (tertiary/aromatic N) is 5. The van der Waals surface area contributed by atoms with E-state index in [1.807, 2.05) is 0 Å². The number of aryl methyl sites for hydroxylation is 1. The van der Waals surface area contributed by atoms with Crippen LogP contribution in [0.5, 0.6) is 0 Å². The highest BCUT2D eigenvalue weighted by molar-refractivity contribution is 6.30. The van der Waals surface area contributed by atoms with Crippen LogP contribution in [0.15, 0.2) is 28.8 Å². The number of halogens is 1. The Kier molecular flexibility index (Phi) is 3.83. The summed E-state index contributed by atoms with van der Waals surface area (Å²) in [7, 11) is 0. The van der Waals surface area contributed by atoms with Gasteiger partial charge >= 0.3 is 5.69 Å². The lowest BCUT2D eigenvalue weighted by Gasteiger charge is -1.98. The maximum atomic E-state index is 11.0. The van der Waals surface area contributed by atoms with Gasteiger partial charge in [-0.3, -0.25) is 14.8 Å². The highest BCUT2D eigenvalue weighted by Gasteiger charge is 2.22. The molecular weight excluding hydrogens is 322 g/mol. The van der Waals surface area contributed by atoms with E-state index in [9.17, 15) is 10.1 Å². The van der Waals surface area contributed by atoms with Gasteiger partial charge in [0.2, 0.25) is 0 Å². The van der Waals surface area contributed by atoms with Crippen molar-refractivity contribution in [1.82, 2.24) is 19.9 Å². The summed E-state index contributed by atoms with van der Waals surface area (Å²) in [5.41, 5.74) is 1.55.